The number of ether oxygens (including phenoxy) is 1. The quantitative estimate of drug-likeness (QED) is 0.291. The Morgan fingerprint density at radius 1 is 0.944 bits per heavy atom. The number of benzene rings is 3. The number of alkyl halides is 3. The molecule has 4 rings (SSSR count). The lowest BCUT2D eigenvalue weighted by atomic mass is 9.99. The van der Waals surface area contributed by atoms with Crippen LogP contribution in [0.1, 0.15) is 19.4 Å². The molecule has 0 saturated heterocycles. The zero-order valence-corrected chi connectivity index (χ0v) is 20.5. The van der Waals surface area contributed by atoms with Gasteiger partial charge in [-0.25, -0.2) is 8.42 Å². The fraction of sp³-hybridized carbons (Fsp3) is 0.222. The third-order valence-corrected chi connectivity index (χ3v) is 7.30. The zero-order chi connectivity index (χ0) is 25.9. The highest BCUT2D eigenvalue weighted by molar-refractivity contribution is 7.91. The third-order valence-electron chi connectivity index (χ3n) is 5.56. The van der Waals surface area contributed by atoms with E-state index in [1.54, 1.807) is 48.5 Å². The van der Waals surface area contributed by atoms with E-state index in [1.165, 1.54) is 24.4 Å². The molecule has 4 aromatic rings. The van der Waals surface area contributed by atoms with E-state index in [1.807, 2.05) is 13.8 Å². The van der Waals surface area contributed by atoms with Gasteiger partial charge in [-0.2, -0.15) is 13.2 Å². The van der Waals surface area contributed by atoms with Crippen LogP contribution in [0.5, 0.6) is 11.5 Å². The molecule has 1 heterocycles. The zero-order valence-electron chi connectivity index (χ0n) is 19.7. The lowest BCUT2D eigenvalue weighted by molar-refractivity contribution is -0.136. The lowest BCUT2D eigenvalue weighted by Gasteiger charge is -2.13. The minimum absolute atomic E-state index is 0.0105. The molecule has 0 aliphatic carbocycles. The van der Waals surface area contributed by atoms with Crippen LogP contribution in [-0.4, -0.2) is 31.7 Å². The van der Waals surface area contributed by atoms with E-state index in [9.17, 15) is 21.6 Å². The van der Waals surface area contributed by atoms with E-state index in [4.69, 9.17) is 4.74 Å². The molecule has 0 radical (unpaired) electrons. The van der Waals surface area contributed by atoms with Crippen LogP contribution in [-0.2, 0) is 16.0 Å². The number of nitrogens with zero attached hydrogens (tertiary/aromatic N) is 1. The average molecular weight is 515 g/mol. The smallest absolute Gasteiger partial charge is 0.418 e. The van der Waals surface area contributed by atoms with E-state index in [0.29, 0.717) is 34.6 Å². The van der Waals surface area contributed by atoms with Crippen LogP contribution >= 0.6 is 0 Å². The Hall–Kier alpha value is -3.43. The van der Waals surface area contributed by atoms with Crippen molar-refractivity contribution in [2.75, 3.05) is 12.3 Å². The van der Waals surface area contributed by atoms with E-state index in [-0.39, 0.29) is 22.2 Å². The van der Waals surface area contributed by atoms with Gasteiger partial charge in [0.1, 0.15) is 11.5 Å². The molecule has 3 aromatic carbocycles. The lowest BCUT2D eigenvalue weighted by Crippen LogP contribution is -2.28. The van der Waals surface area contributed by atoms with Crippen molar-refractivity contribution in [2.24, 2.45) is 0 Å². The van der Waals surface area contributed by atoms with Gasteiger partial charge in [-0.15, -0.1) is 0 Å². The summed E-state index contributed by atoms with van der Waals surface area (Å²) >= 11 is 0. The van der Waals surface area contributed by atoms with E-state index < -0.39 is 21.6 Å². The second-order valence-electron chi connectivity index (χ2n) is 8.59. The number of nitrogens with one attached hydrogen (secondary N) is 1. The summed E-state index contributed by atoms with van der Waals surface area (Å²) in [5.74, 6) is 0.884. The van der Waals surface area contributed by atoms with Gasteiger partial charge in [0.2, 0.25) is 0 Å². The number of halogens is 3. The second-order valence-corrected chi connectivity index (χ2v) is 10.7. The summed E-state index contributed by atoms with van der Waals surface area (Å²) < 4.78 is 71.3. The van der Waals surface area contributed by atoms with Gasteiger partial charge in [-0.1, -0.05) is 38.1 Å². The van der Waals surface area contributed by atoms with Gasteiger partial charge in [0.05, 0.1) is 21.7 Å². The van der Waals surface area contributed by atoms with E-state index in [2.05, 4.69) is 10.3 Å². The number of fused-ring (bicyclic) bond motifs is 1. The minimum atomic E-state index is -4.51. The summed E-state index contributed by atoms with van der Waals surface area (Å²) in [5.41, 5.74) is 0.350. The number of rotatable bonds is 8. The number of aromatic nitrogens is 1. The van der Waals surface area contributed by atoms with Crippen LogP contribution < -0.4 is 10.1 Å². The fourth-order valence-corrected chi connectivity index (χ4v) is 5.01. The highest BCUT2D eigenvalue weighted by Crippen LogP contribution is 2.37. The maximum atomic E-state index is 13.5. The van der Waals surface area contributed by atoms with Gasteiger partial charge in [-0.05, 0) is 59.7 Å². The Morgan fingerprint density at radius 2 is 1.67 bits per heavy atom. The Balaban J connectivity index is 1.57. The monoisotopic (exact) mass is 514 g/mol. The second kappa shape index (κ2) is 10.3. The van der Waals surface area contributed by atoms with Crippen LogP contribution in [0.25, 0.3) is 22.0 Å². The van der Waals surface area contributed by atoms with Gasteiger partial charge in [0, 0.05) is 24.2 Å². The Bertz CT molecular complexity index is 1470. The van der Waals surface area contributed by atoms with E-state index in [0.717, 1.165) is 6.07 Å². The summed E-state index contributed by atoms with van der Waals surface area (Å²) in [6.45, 7) is 4.26. The Kier molecular flexibility index (Phi) is 7.33. The Morgan fingerprint density at radius 3 is 2.36 bits per heavy atom. The van der Waals surface area contributed by atoms with Crippen molar-refractivity contribution in [1.82, 2.24) is 10.3 Å². The molecule has 36 heavy (non-hydrogen) atoms. The summed E-state index contributed by atoms with van der Waals surface area (Å²) in [7, 11) is -3.43. The molecule has 0 atom stereocenters. The van der Waals surface area contributed by atoms with Crippen molar-refractivity contribution in [3.05, 3.63) is 84.6 Å². The molecule has 1 N–H and O–H groups in total. The van der Waals surface area contributed by atoms with Crippen molar-refractivity contribution < 1.29 is 26.3 Å². The number of para-hydroxylation sites is 1. The normalized spacial score (nSPS) is 12.3. The molecule has 0 bridgehead atoms. The predicted octanol–water partition coefficient (Wildman–Crippen LogP) is 6.48. The summed E-state index contributed by atoms with van der Waals surface area (Å²) in [6.07, 6.45) is -3.16. The van der Waals surface area contributed by atoms with Gasteiger partial charge in [0.25, 0.3) is 0 Å². The fourth-order valence-electron chi connectivity index (χ4n) is 3.83. The number of hydrogen-bond donors (Lipinski definition) is 1. The molecule has 0 amide bonds. The molecule has 9 heteroatoms. The molecule has 0 spiro atoms. The minimum Gasteiger partial charge on any atom is -0.457 e. The van der Waals surface area contributed by atoms with Crippen molar-refractivity contribution in [2.45, 2.75) is 31.0 Å². The molecule has 0 unspecified atom stereocenters. The molecule has 0 fully saturated rings. The van der Waals surface area contributed by atoms with Crippen LogP contribution in [0.2, 0.25) is 0 Å². The molecule has 0 aliphatic heterocycles. The largest absolute Gasteiger partial charge is 0.457 e. The first-order valence-corrected chi connectivity index (χ1v) is 13.0. The highest BCUT2D eigenvalue weighted by Gasteiger charge is 2.33. The maximum Gasteiger partial charge on any atom is 0.418 e. The molecule has 0 aliphatic rings. The molecule has 0 saturated carbocycles. The standard InChI is InChI=1S/C27H25F3N2O3S/c1-18(2)31-15-16-36(33,34)22-11-9-20(10-12-22)35-21-6-3-5-19(17-21)23-13-14-32-26-24(23)7-4-8-25(26)27(28,29)30/h3-14,17-18,31H,15-16H2,1-2H3. The summed E-state index contributed by atoms with van der Waals surface area (Å²) in [6, 6.07) is 19.0. The Labute approximate surface area is 207 Å². The molecule has 188 valence electrons. The van der Waals surface area contributed by atoms with Crippen molar-refractivity contribution >= 4 is 20.7 Å². The van der Waals surface area contributed by atoms with Gasteiger partial charge >= 0.3 is 6.18 Å². The van der Waals surface area contributed by atoms with Crippen LogP contribution in [0.15, 0.2) is 83.9 Å². The van der Waals surface area contributed by atoms with Crippen molar-refractivity contribution in [1.29, 1.82) is 0 Å². The van der Waals surface area contributed by atoms with Gasteiger partial charge < -0.3 is 10.1 Å². The molecular formula is C27H25F3N2O3S. The molecule has 5 nitrogen and oxygen atoms in total. The van der Waals surface area contributed by atoms with Crippen LogP contribution in [0.4, 0.5) is 13.2 Å². The summed E-state index contributed by atoms with van der Waals surface area (Å²) in [5, 5.41) is 3.47. The van der Waals surface area contributed by atoms with Crippen LogP contribution in [0.3, 0.4) is 0 Å². The van der Waals surface area contributed by atoms with Crippen LogP contribution in [0, 0.1) is 0 Å². The van der Waals surface area contributed by atoms with Gasteiger partial charge in [-0.3, -0.25) is 4.98 Å². The topological polar surface area (TPSA) is 68.3 Å². The van der Waals surface area contributed by atoms with Gasteiger partial charge in [0.15, 0.2) is 9.84 Å². The first kappa shape index (κ1) is 25.7. The van der Waals surface area contributed by atoms with Crippen molar-refractivity contribution in [3.8, 4) is 22.6 Å². The number of pyridine rings is 1. The first-order chi connectivity index (χ1) is 17.0. The van der Waals surface area contributed by atoms with Crippen molar-refractivity contribution in [3.63, 3.8) is 0 Å². The van der Waals surface area contributed by atoms with E-state index >= 15 is 0 Å². The third kappa shape index (κ3) is 5.85. The average Bonchev–Trinajstić information content (AvgIpc) is 2.83. The number of hydrogen-bond acceptors (Lipinski definition) is 5. The number of sulfone groups is 1. The molecular weight excluding hydrogens is 489 g/mol. The predicted molar refractivity (Wildman–Crippen MR) is 134 cm³/mol. The molecule has 1 aromatic heterocycles. The highest BCUT2D eigenvalue weighted by atomic mass is 32.2. The SMILES string of the molecule is CC(C)NCCS(=O)(=O)c1ccc(Oc2cccc(-c3ccnc4c(C(F)(F)F)cccc34)c2)cc1. The first-order valence-electron chi connectivity index (χ1n) is 11.3. The maximum absolute atomic E-state index is 13.5. The summed E-state index contributed by atoms with van der Waals surface area (Å²) in [4.78, 5) is 4.18.